The van der Waals surface area contributed by atoms with E-state index in [-0.39, 0.29) is 0 Å². The summed E-state index contributed by atoms with van der Waals surface area (Å²) in [5, 5.41) is 11.3. The van der Waals surface area contributed by atoms with Crippen LogP contribution in [0.25, 0.3) is 0 Å². The molecule has 1 saturated heterocycles. The van der Waals surface area contributed by atoms with Crippen LogP contribution in [0, 0.1) is 11.3 Å². The molecule has 4 heteroatoms. The van der Waals surface area contributed by atoms with Crippen LogP contribution in [-0.4, -0.2) is 44.4 Å². The molecule has 0 atom stereocenters. The highest BCUT2D eigenvalue weighted by molar-refractivity contribution is 4.73. The molecule has 0 spiro atoms. The highest BCUT2D eigenvalue weighted by Crippen LogP contribution is 1.93. The summed E-state index contributed by atoms with van der Waals surface area (Å²) in [6, 6.07) is 2.04. The molecule has 1 heterocycles. The zero-order valence-corrected chi connectivity index (χ0v) is 6.55. The topological polar surface area (TPSA) is 48.3 Å². The second-order valence-corrected chi connectivity index (χ2v) is 2.47. The molecule has 4 nitrogen and oxygen atoms in total. The summed E-state index contributed by atoms with van der Waals surface area (Å²) in [5.41, 5.74) is 0. The lowest BCUT2D eigenvalue weighted by molar-refractivity contribution is 0.0347. The molecular weight excluding hydrogens is 142 g/mol. The van der Waals surface area contributed by atoms with Crippen molar-refractivity contribution in [2.75, 3.05) is 39.5 Å². The Morgan fingerprint density at radius 3 is 2.82 bits per heavy atom. The predicted molar refractivity (Wildman–Crippen MR) is 40.9 cm³/mol. The largest absolute Gasteiger partial charge is 0.379 e. The number of nitrogens with zero attached hydrogens (tertiary/aromatic N) is 2. The molecule has 1 N–H and O–H groups in total. The molecule has 0 radical (unpaired) electrons. The number of rotatable bonds is 3. The van der Waals surface area contributed by atoms with Gasteiger partial charge < -0.3 is 4.74 Å². The van der Waals surface area contributed by atoms with Gasteiger partial charge in [-0.15, -0.1) is 0 Å². The number of hydrogen-bond donors (Lipinski definition) is 1. The molecule has 0 unspecified atom stereocenters. The summed E-state index contributed by atoms with van der Waals surface area (Å²) in [6.45, 7) is 4.80. The van der Waals surface area contributed by atoms with E-state index in [4.69, 9.17) is 10.00 Å². The third kappa shape index (κ3) is 3.33. The van der Waals surface area contributed by atoms with Crippen molar-refractivity contribution >= 4 is 0 Å². The van der Waals surface area contributed by atoms with Gasteiger partial charge in [-0.1, -0.05) is 0 Å². The van der Waals surface area contributed by atoms with Crippen LogP contribution in [0.5, 0.6) is 0 Å². The van der Waals surface area contributed by atoms with Crippen molar-refractivity contribution in [1.82, 2.24) is 10.2 Å². The molecule has 1 aliphatic heterocycles. The zero-order valence-electron chi connectivity index (χ0n) is 6.55. The first-order chi connectivity index (χ1) is 5.43. The lowest BCUT2D eigenvalue weighted by Crippen LogP contribution is -2.42. The van der Waals surface area contributed by atoms with E-state index in [2.05, 4.69) is 10.2 Å². The number of nitrogens with one attached hydrogen (secondary N) is 1. The molecule has 1 aliphatic rings. The van der Waals surface area contributed by atoms with Gasteiger partial charge in [0, 0.05) is 19.8 Å². The molecular formula is C7H13N3O. The number of morpholine rings is 1. The van der Waals surface area contributed by atoms with E-state index in [0.29, 0.717) is 6.54 Å². The van der Waals surface area contributed by atoms with Gasteiger partial charge in [-0.3, -0.25) is 10.2 Å². The van der Waals surface area contributed by atoms with Gasteiger partial charge in [0.15, 0.2) is 0 Å². The number of ether oxygens (including phenoxy) is 1. The van der Waals surface area contributed by atoms with Gasteiger partial charge in [0.2, 0.25) is 0 Å². The molecule has 62 valence electrons. The van der Waals surface area contributed by atoms with E-state index >= 15 is 0 Å². The van der Waals surface area contributed by atoms with Crippen LogP contribution in [0.2, 0.25) is 0 Å². The van der Waals surface area contributed by atoms with E-state index in [0.717, 1.165) is 33.0 Å². The third-order valence-corrected chi connectivity index (χ3v) is 1.64. The third-order valence-electron chi connectivity index (χ3n) is 1.64. The monoisotopic (exact) mass is 155 g/mol. The minimum Gasteiger partial charge on any atom is -0.379 e. The van der Waals surface area contributed by atoms with Gasteiger partial charge in [0.25, 0.3) is 0 Å². The maximum atomic E-state index is 8.24. The van der Waals surface area contributed by atoms with Crippen LogP contribution in [0.4, 0.5) is 0 Å². The molecule has 0 aromatic rings. The lowest BCUT2D eigenvalue weighted by atomic mass is 10.4. The Morgan fingerprint density at radius 2 is 2.18 bits per heavy atom. The minimum atomic E-state index is 0.428. The smallest absolute Gasteiger partial charge is 0.0850 e. The second kappa shape index (κ2) is 5.08. The van der Waals surface area contributed by atoms with E-state index in [1.54, 1.807) is 0 Å². The van der Waals surface area contributed by atoms with Gasteiger partial charge in [0.05, 0.1) is 25.8 Å². The van der Waals surface area contributed by atoms with Crippen LogP contribution >= 0.6 is 0 Å². The molecule has 0 bridgehead atoms. The van der Waals surface area contributed by atoms with E-state index in [1.165, 1.54) is 0 Å². The highest BCUT2D eigenvalue weighted by Gasteiger charge is 2.08. The van der Waals surface area contributed by atoms with Gasteiger partial charge in [-0.25, -0.2) is 0 Å². The van der Waals surface area contributed by atoms with Crippen molar-refractivity contribution in [2.45, 2.75) is 0 Å². The quantitative estimate of drug-likeness (QED) is 0.436. The molecule has 0 saturated carbocycles. The fraction of sp³-hybridized carbons (Fsp3) is 0.857. The Bertz CT molecular complexity index is 137. The fourth-order valence-electron chi connectivity index (χ4n) is 1.03. The van der Waals surface area contributed by atoms with Crippen LogP contribution < -0.4 is 5.32 Å². The summed E-state index contributed by atoms with van der Waals surface area (Å²) in [6.07, 6.45) is 0. The Hall–Kier alpha value is -0.630. The molecule has 11 heavy (non-hydrogen) atoms. The van der Waals surface area contributed by atoms with Crippen LogP contribution in [0.15, 0.2) is 0 Å². The van der Waals surface area contributed by atoms with Crippen LogP contribution in [-0.2, 0) is 4.74 Å². The van der Waals surface area contributed by atoms with Gasteiger partial charge >= 0.3 is 0 Å². The molecule has 0 aromatic heterocycles. The maximum absolute atomic E-state index is 8.24. The van der Waals surface area contributed by atoms with Crippen molar-refractivity contribution in [3.05, 3.63) is 0 Å². The number of nitriles is 1. The number of hydrogen-bond acceptors (Lipinski definition) is 4. The average molecular weight is 155 g/mol. The van der Waals surface area contributed by atoms with E-state index in [9.17, 15) is 0 Å². The standard InChI is InChI=1S/C7H13N3O/c8-1-2-9-7-10-3-5-11-6-4-10/h9H,2-7H2. The molecule has 1 fully saturated rings. The Morgan fingerprint density at radius 1 is 1.45 bits per heavy atom. The van der Waals surface area contributed by atoms with Crippen molar-refractivity contribution in [3.63, 3.8) is 0 Å². The summed E-state index contributed by atoms with van der Waals surface area (Å²) in [7, 11) is 0. The van der Waals surface area contributed by atoms with Crippen molar-refractivity contribution < 1.29 is 4.74 Å². The van der Waals surface area contributed by atoms with E-state index < -0.39 is 0 Å². The Balaban J connectivity index is 2.01. The molecule has 0 aliphatic carbocycles. The normalized spacial score (nSPS) is 19.5. The Labute approximate surface area is 66.7 Å². The highest BCUT2D eigenvalue weighted by atomic mass is 16.5. The summed E-state index contributed by atoms with van der Waals surface area (Å²) < 4.78 is 5.17. The first-order valence-electron chi connectivity index (χ1n) is 3.81. The summed E-state index contributed by atoms with van der Waals surface area (Å²) in [5.74, 6) is 0. The van der Waals surface area contributed by atoms with E-state index in [1.807, 2.05) is 6.07 Å². The molecule has 1 rings (SSSR count). The molecule has 0 aromatic carbocycles. The second-order valence-electron chi connectivity index (χ2n) is 2.47. The summed E-state index contributed by atoms with van der Waals surface area (Å²) >= 11 is 0. The Kier molecular flexibility index (Phi) is 3.91. The summed E-state index contributed by atoms with van der Waals surface area (Å²) in [4.78, 5) is 2.24. The van der Waals surface area contributed by atoms with Gasteiger partial charge in [0.1, 0.15) is 0 Å². The minimum absolute atomic E-state index is 0.428. The maximum Gasteiger partial charge on any atom is 0.0850 e. The van der Waals surface area contributed by atoms with Crippen molar-refractivity contribution in [2.24, 2.45) is 0 Å². The van der Waals surface area contributed by atoms with Gasteiger partial charge in [-0.05, 0) is 0 Å². The predicted octanol–water partition coefficient (Wildman–Crippen LogP) is -0.611. The van der Waals surface area contributed by atoms with Crippen LogP contribution in [0.1, 0.15) is 0 Å². The lowest BCUT2D eigenvalue weighted by Gasteiger charge is -2.26. The van der Waals surface area contributed by atoms with Crippen molar-refractivity contribution in [3.8, 4) is 6.07 Å². The molecule has 0 amide bonds. The zero-order chi connectivity index (χ0) is 7.94. The van der Waals surface area contributed by atoms with Gasteiger partial charge in [-0.2, -0.15) is 5.26 Å². The fourth-order valence-corrected chi connectivity index (χ4v) is 1.03. The van der Waals surface area contributed by atoms with Crippen LogP contribution in [0.3, 0.4) is 0 Å². The first-order valence-corrected chi connectivity index (χ1v) is 3.81. The SMILES string of the molecule is N#CCNCN1CCOCC1. The van der Waals surface area contributed by atoms with Crippen molar-refractivity contribution in [1.29, 1.82) is 5.26 Å². The average Bonchev–Trinajstić information content (AvgIpc) is 2.07. The first kappa shape index (κ1) is 8.47.